The van der Waals surface area contributed by atoms with Crippen LogP contribution in [0.4, 0.5) is 0 Å². The van der Waals surface area contributed by atoms with Gasteiger partial charge in [0.05, 0.1) is 6.10 Å². The number of hydrogen-bond donors (Lipinski definition) is 1. The van der Waals surface area contributed by atoms with E-state index in [1.165, 1.54) is 57.9 Å². The molecular formula is C14H25NO. The molecule has 1 N–H and O–H groups in total. The van der Waals surface area contributed by atoms with Gasteiger partial charge in [0, 0.05) is 12.1 Å². The number of aliphatic hydroxyl groups is 1. The lowest BCUT2D eigenvalue weighted by atomic mass is 9.83. The van der Waals surface area contributed by atoms with E-state index in [0.29, 0.717) is 6.04 Å². The van der Waals surface area contributed by atoms with Crippen molar-refractivity contribution in [3.05, 3.63) is 0 Å². The summed E-state index contributed by atoms with van der Waals surface area (Å²) in [5, 5.41) is 10.2. The smallest absolute Gasteiger partial charge is 0.0695 e. The van der Waals surface area contributed by atoms with Gasteiger partial charge in [-0.15, -0.1) is 0 Å². The second-order valence-electron chi connectivity index (χ2n) is 6.06. The molecule has 2 nitrogen and oxygen atoms in total. The van der Waals surface area contributed by atoms with Crippen molar-refractivity contribution in [2.24, 2.45) is 5.92 Å². The number of fused-ring (bicyclic) bond motifs is 1. The average Bonchev–Trinajstić information content (AvgIpc) is 2.74. The van der Waals surface area contributed by atoms with Crippen molar-refractivity contribution in [1.29, 1.82) is 0 Å². The van der Waals surface area contributed by atoms with E-state index in [1.54, 1.807) is 0 Å². The molecule has 2 unspecified atom stereocenters. The summed E-state index contributed by atoms with van der Waals surface area (Å²) in [5.74, 6) is 0.961. The predicted molar refractivity (Wildman–Crippen MR) is 65.3 cm³/mol. The average molecular weight is 223 g/mol. The Morgan fingerprint density at radius 3 is 2.25 bits per heavy atom. The zero-order valence-corrected chi connectivity index (χ0v) is 10.3. The predicted octanol–water partition coefficient (Wildman–Crippen LogP) is 2.55. The van der Waals surface area contributed by atoms with Gasteiger partial charge in [-0.1, -0.05) is 25.7 Å². The number of aliphatic hydroxyl groups excluding tert-OH is 1. The summed E-state index contributed by atoms with van der Waals surface area (Å²) in [6.07, 6.45) is 11.9. The normalized spacial score (nSPS) is 45.6. The third-order valence-electron chi connectivity index (χ3n) is 5.17. The summed E-state index contributed by atoms with van der Waals surface area (Å²) < 4.78 is 0. The van der Waals surface area contributed by atoms with Gasteiger partial charge >= 0.3 is 0 Å². The number of hydrogen-bond acceptors (Lipinski definition) is 2. The molecular weight excluding hydrogens is 198 g/mol. The second kappa shape index (κ2) is 4.66. The molecule has 16 heavy (non-hydrogen) atoms. The van der Waals surface area contributed by atoms with E-state index >= 15 is 0 Å². The lowest BCUT2D eigenvalue weighted by Crippen LogP contribution is -2.49. The minimum Gasteiger partial charge on any atom is -0.391 e. The molecule has 1 saturated heterocycles. The van der Waals surface area contributed by atoms with E-state index in [2.05, 4.69) is 4.90 Å². The fraction of sp³-hybridized carbons (Fsp3) is 1.00. The fourth-order valence-corrected chi connectivity index (χ4v) is 4.33. The largest absolute Gasteiger partial charge is 0.391 e. The maximum Gasteiger partial charge on any atom is 0.0695 e. The van der Waals surface area contributed by atoms with Crippen LogP contribution in [-0.4, -0.2) is 34.7 Å². The standard InChI is InChI=1S/C14H25NO/c16-14-8-4-3-7-13(14)15-10-9-11-5-1-2-6-12(11)15/h11-14,16H,1-10H2/t11?,12?,13-,14-/m1/s1. The first-order chi connectivity index (χ1) is 7.86. The zero-order chi connectivity index (χ0) is 11.0. The first-order valence-electron chi connectivity index (χ1n) is 7.30. The van der Waals surface area contributed by atoms with E-state index in [0.717, 1.165) is 18.4 Å². The van der Waals surface area contributed by atoms with Gasteiger partial charge < -0.3 is 5.11 Å². The highest BCUT2D eigenvalue weighted by Gasteiger charge is 2.41. The summed E-state index contributed by atoms with van der Waals surface area (Å²) in [4.78, 5) is 2.69. The van der Waals surface area contributed by atoms with Crippen LogP contribution in [0.1, 0.15) is 57.8 Å². The number of rotatable bonds is 1. The van der Waals surface area contributed by atoms with Crippen LogP contribution in [0.5, 0.6) is 0 Å². The van der Waals surface area contributed by atoms with Gasteiger partial charge in [-0.25, -0.2) is 0 Å². The van der Waals surface area contributed by atoms with E-state index in [4.69, 9.17) is 0 Å². The molecule has 0 spiro atoms. The molecule has 2 saturated carbocycles. The molecule has 92 valence electrons. The monoisotopic (exact) mass is 223 g/mol. The minimum absolute atomic E-state index is 0.0329. The molecule has 3 rings (SSSR count). The molecule has 1 aliphatic heterocycles. The minimum atomic E-state index is -0.0329. The lowest BCUT2D eigenvalue weighted by molar-refractivity contribution is 0.00352. The molecule has 0 aromatic heterocycles. The van der Waals surface area contributed by atoms with Crippen molar-refractivity contribution < 1.29 is 5.11 Å². The molecule has 0 aromatic rings. The van der Waals surface area contributed by atoms with Crippen LogP contribution >= 0.6 is 0 Å². The first kappa shape index (κ1) is 11.0. The zero-order valence-electron chi connectivity index (χ0n) is 10.3. The van der Waals surface area contributed by atoms with Crippen molar-refractivity contribution in [3.63, 3.8) is 0 Å². The third-order valence-corrected chi connectivity index (χ3v) is 5.17. The SMILES string of the molecule is O[C@@H]1CCCC[C@H]1N1CCC2CCCCC21. The Balaban J connectivity index is 1.69. The molecule has 2 aliphatic carbocycles. The Hall–Kier alpha value is -0.0800. The van der Waals surface area contributed by atoms with E-state index < -0.39 is 0 Å². The Kier molecular flexibility index (Phi) is 3.21. The van der Waals surface area contributed by atoms with Gasteiger partial charge in [-0.05, 0) is 44.6 Å². The number of likely N-dealkylation sites (tertiary alicyclic amines) is 1. The first-order valence-corrected chi connectivity index (χ1v) is 7.30. The van der Waals surface area contributed by atoms with Crippen LogP contribution in [-0.2, 0) is 0 Å². The molecule has 0 bridgehead atoms. The Bertz CT molecular complexity index is 243. The van der Waals surface area contributed by atoms with Gasteiger partial charge in [0.2, 0.25) is 0 Å². The van der Waals surface area contributed by atoms with Crippen LogP contribution in [0.15, 0.2) is 0 Å². The topological polar surface area (TPSA) is 23.5 Å². The van der Waals surface area contributed by atoms with Crippen molar-refractivity contribution in [1.82, 2.24) is 4.90 Å². The van der Waals surface area contributed by atoms with Crippen LogP contribution in [0.25, 0.3) is 0 Å². The van der Waals surface area contributed by atoms with E-state index in [-0.39, 0.29) is 6.10 Å². The van der Waals surface area contributed by atoms with Gasteiger partial charge in [0.15, 0.2) is 0 Å². The molecule has 2 heteroatoms. The lowest BCUT2D eigenvalue weighted by Gasteiger charge is -2.41. The van der Waals surface area contributed by atoms with E-state index in [9.17, 15) is 5.11 Å². The second-order valence-corrected chi connectivity index (χ2v) is 6.06. The summed E-state index contributed by atoms with van der Waals surface area (Å²) in [5.41, 5.74) is 0. The van der Waals surface area contributed by atoms with Crippen LogP contribution in [0.2, 0.25) is 0 Å². The summed E-state index contributed by atoms with van der Waals surface area (Å²) in [6.45, 7) is 1.26. The van der Waals surface area contributed by atoms with Gasteiger partial charge in [0.25, 0.3) is 0 Å². The highest BCUT2D eigenvalue weighted by Crippen LogP contribution is 2.39. The molecule has 3 aliphatic rings. The highest BCUT2D eigenvalue weighted by atomic mass is 16.3. The van der Waals surface area contributed by atoms with Gasteiger partial charge in [0.1, 0.15) is 0 Å². The van der Waals surface area contributed by atoms with Crippen LogP contribution in [0, 0.1) is 5.92 Å². The number of nitrogens with zero attached hydrogens (tertiary/aromatic N) is 1. The molecule has 0 radical (unpaired) electrons. The summed E-state index contributed by atoms with van der Waals surface area (Å²) in [7, 11) is 0. The van der Waals surface area contributed by atoms with Crippen LogP contribution < -0.4 is 0 Å². The maximum absolute atomic E-state index is 10.2. The Labute approximate surface area is 99.0 Å². The molecule has 3 fully saturated rings. The quantitative estimate of drug-likeness (QED) is 0.738. The Morgan fingerprint density at radius 1 is 0.750 bits per heavy atom. The van der Waals surface area contributed by atoms with Crippen molar-refractivity contribution in [2.75, 3.05) is 6.54 Å². The molecule has 0 amide bonds. The molecule has 1 heterocycles. The molecule has 4 atom stereocenters. The Morgan fingerprint density at radius 2 is 1.44 bits per heavy atom. The maximum atomic E-state index is 10.2. The van der Waals surface area contributed by atoms with E-state index in [1.807, 2.05) is 0 Å². The third kappa shape index (κ3) is 1.91. The van der Waals surface area contributed by atoms with Crippen molar-refractivity contribution in [2.45, 2.75) is 76.0 Å². The van der Waals surface area contributed by atoms with Gasteiger partial charge in [-0.2, -0.15) is 0 Å². The van der Waals surface area contributed by atoms with Gasteiger partial charge in [-0.3, -0.25) is 4.90 Å². The summed E-state index contributed by atoms with van der Waals surface area (Å²) >= 11 is 0. The van der Waals surface area contributed by atoms with Crippen molar-refractivity contribution >= 4 is 0 Å². The summed E-state index contributed by atoms with van der Waals surface area (Å²) in [6, 6.07) is 1.33. The highest BCUT2D eigenvalue weighted by molar-refractivity contribution is 4.95. The molecule has 0 aromatic carbocycles. The fourth-order valence-electron chi connectivity index (χ4n) is 4.33. The van der Waals surface area contributed by atoms with Crippen LogP contribution in [0.3, 0.4) is 0 Å². The van der Waals surface area contributed by atoms with Crippen molar-refractivity contribution in [3.8, 4) is 0 Å².